The molecule has 3 heterocycles. The highest BCUT2D eigenvalue weighted by Gasteiger charge is 2.33. The lowest BCUT2D eigenvalue weighted by atomic mass is 9.80. The number of nitrogens with zero attached hydrogens (tertiary/aromatic N) is 2. The molecule has 4 aromatic rings. The van der Waals surface area contributed by atoms with E-state index < -0.39 is 17.7 Å². The minimum atomic E-state index is -0.940. The highest BCUT2D eigenvalue weighted by atomic mass is 16.4. The third kappa shape index (κ3) is 7.93. The summed E-state index contributed by atoms with van der Waals surface area (Å²) in [7, 11) is 0. The van der Waals surface area contributed by atoms with Crippen LogP contribution in [0.5, 0.6) is 0 Å². The summed E-state index contributed by atoms with van der Waals surface area (Å²) in [5.41, 5.74) is 5.59. The highest BCUT2D eigenvalue weighted by molar-refractivity contribution is 5.98. The standard InChI is InChI=1S/C37H46N8O5/c1-21-27(19-30-32(40-21)39-16-15-38-30)24-9-5-22(6-10-24)17-31(34(47)41-26-13-14-28-29(18-26)44-35(48)43-28)42-33(46)25-11-7-23(8-12-25)20-45(36(49)50)37(2,3)4/h5-6,9-10,13-14,18-19,23,25,31,38H,7-8,11-12,15-17,20H2,1-4H3,(H,39,40)(H,41,47)(H,42,46)(H,49,50)(H2,43,44,48). The molecule has 7 N–H and O–H groups in total. The lowest BCUT2D eigenvalue weighted by molar-refractivity contribution is -0.130. The van der Waals surface area contributed by atoms with Gasteiger partial charge in [-0.3, -0.25) is 9.59 Å². The van der Waals surface area contributed by atoms with Crippen molar-refractivity contribution in [2.75, 3.05) is 35.6 Å². The average molecular weight is 683 g/mol. The van der Waals surface area contributed by atoms with Crippen LogP contribution < -0.4 is 27.0 Å². The molecule has 1 saturated carbocycles. The Labute approximate surface area is 290 Å². The van der Waals surface area contributed by atoms with Crippen LogP contribution in [0.3, 0.4) is 0 Å². The molecule has 50 heavy (non-hydrogen) atoms. The summed E-state index contributed by atoms with van der Waals surface area (Å²) in [6.45, 7) is 9.71. The number of hydrogen-bond acceptors (Lipinski definition) is 7. The zero-order valence-corrected chi connectivity index (χ0v) is 29.0. The number of nitrogens with one attached hydrogen (secondary N) is 6. The number of pyridine rings is 1. The summed E-state index contributed by atoms with van der Waals surface area (Å²) in [6.07, 6.45) is 2.02. The number of anilines is 3. The van der Waals surface area contributed by atoms with Gasteiger partial charge in [-0.25, -0.2) is 14.6 Å². The van der Waals surface area contributed by atoms with Gasteiger partial charge < -0.3 is 41.2 Å². The van der Waals surface area contributed by atoms with Gasteiger partial charge in [-0.05, 0) is 94.7 Å². The normalized spacial score (nSPS) is 17.9. The first-order valence-corrected chi connectivity index (χ1v) is 17.3. The van der Waals surface area contributed by atoms with E-state index in [4.69, 9.17) is 4.98 Å². The number of aromatic amines is 2. The number of carbonyl (C=O) groups is 3. The first-order valence-electron chi connectivity index (χ1n) is 17.3. The molecule has 0 saturated heterocycles. The Morgan fingerprint density at radius 3 is 2.36 bits per heavy atom. The molecule has 3 amide bonds. The van der Waals surface area contributed by atoms with Crippen molar-refractivity contribution in [2.45, 2.75) is 71.4 Å². The van der Waals surface area contributed by atoms with Crippen molar-refractivity contribution in [3.05, 3.63) is 70.3 Å². The SMILES string of the molecule is Cc1nc2c(cc1-c1ccc(CC(NC(=O)C3CCC(CN(C(=O)O)C(C)(C)C)CC3)C(=O)Nc3ccc4[nH]c(=O)[nH]c4c3)cc1)NCCN2. The number of benzene rings is 2. The Bertz CT molecular complexity index is 1940. The van der Waals surface area contributed by atoms with Crippen molar-refractivity contribution in [2.24, 2.45) is 11.8 Å². The van der Waals surface area contributed by atoms with Crippen LogP contribution in [0.2, 0.25) is 0 Å². The number of imidazole rings is 1. The minimum absolute atomic E-state index is 0.169. The maximum atomic E-state index is 13.8. The Morgan fingerprint density at radius 1 is 0.960 bits per heavy atom. The molecule has 1 aliphatic heterocycles. The van der Waals surface area contributed by atoms with Gasteiger partial charge in [0, 0.05) is 54.5 Å². The molecule has 6 rings (SSSR count). The van der Waals surface area contributed by atoms with E-state index >= 15 is 0 Å². The van der Waals surface area contributed by atoms with Crippen LogP contribution in [0, 0.1) is 18.8 Å². The molecule has 0 spiro atoms. The minimum Gasteiger partial charge on any atom is -0.465 e. The van der Waals surface area contributed by atoms with Gasteiger partial charge in [-0.15, -0.1) is 0 Å². The van der Waals surface area contributed by atoms with Gasteiger partial charge in [0.15, 0.2) is 0 Å². The van der Waals surface area contributed by atoms with Crippen molar-refractivity contribution < 1.29 is 19.5 Å². The molecular weight excluding hydrogens is 636 g/mol. The van der Waals surface area contributed by atoms with Crippen LogP contribution in [0.25, 0.3) is 22.2 Å². The first-order chi connectivity index (χ1) is 23.8. The van der Waals surface area contributed by atoms with E-state index in [-0.39, 0.29) is 35.8 Å². The molecule has 1 fully saturated rings. The number of carbonyl (C=O) groups excluding carboxylic acids is 2. The molecule has 0 radical (unpaired) electrons. The second-order valence-electron chi connectivity index (χ2n) is 14.4. The Balaban J connectivity index is 1.16. The summed E-state index contributed by atoms with van der Waals surface area (Å²) in [6, 6.07) is 14.3. The van der Waals surface area contributed by atoms with Crippen molar-refractivity contribution >= 4 is 46.1 Å². The van der Waals surface area contributed by atoms with Crippen molar-refractivity contribution in [1.29, 1.82) is 0 Å². The van der Waals surface area contributed by atoms with Crippen LogP contribution in [0.4, 0.5) is 22.0 Å². The van der Waals surface area contributed by atoms with E-state index in [1.54, 1.807) is 18.2 Å². The van der Waals surface area contributed by atoms with E-state index in [1.165, 1.54) is 4.90 Å². The van der Waals surface area contributed by atoms with Crippen LogP contribution in [-0.2, 0) is 16.0 Å². The second kappa shape index (κ2) is 14.3. The number of hydrogen-bond donors (Lipinski definition) is 7. The highest BCUT2D eigenvalue weighted by Crippen LogP contribution is 2.33. The molecule has 264 valence electrons. The lowest BCUT2D eigenvalue weighted by Gasteiger charge is -2.38. The third-order valence-corrected chi connectivity index (χ3v) is 9.77. The predicted molar refractivity (Wildman–Crippen MR) is 195 cm³/mol. The third-order valence-electron chi connectivity index (χ3n) is 9.77. The fourth-order valence-corrected chi connectivity index (χ4v) is 6.94. The van der Waals surface area contributed by atoms with Crippen molar-refractivity contribution in [3.63, 3.8) is 0 Å². The zero-order valence-electron chi connectivity index (χ0n) is 29.0. The van der Waals surface area contributed by atoms with Crippen LogP contribution in [-0.4, -0.2) is 74.1 Å². The molecule has 2 aliphatic rings. The zero-order chi connectivity index (χ0) is 35.6. The quantitative estimate of drug-likeness (QED) is 0.124. The number of carboxylic acid groups (broad SMARTS) is 1. The average Bonchev–Trinajstić information content (AvgIpc) is 3.45. The molecule has 13 nitrogen and oxygen atoms in total. The molecule has 1 atom stereocenters. The van der Waals surface area contributed by atoms with Crippen molar-refractivity contribution in [1.82, 2.24) is 25.2 Å². The maximum absolute atomic E-state index is 13.8. The van der Waals surface area contributed by atoms with Gasteiger partial charge >= 0.3 is 11.8 Å². The van der Waals surface area contributed by atoms with Gasteiger partial charge in [0.05, 0.1) is 16.7 Å². The number of aromatic nitrogens is 3. The Hall–Kier alpha value is -5.33. The van der Waals surface area contributed by atoms with Crippen LogP contribution >= 0.6 is 0 Å². The molecule has 1 aliphatic carbocycles. The Kier molecular flexibility index (Phi) is 9.85. The van der Waals surface area contributed by atoms with E-state index in [0.29, 0.717) is 36.1 Å². The molecule has 1 unspecified atom stereocenters. The fourth-order valence-electron chi connectivity index (χ4n) is 6.94. The van der Waals surface area contributed by atoms with Crippen molar-refractivity contribution in [3.8, 4) is 11.1 Å². The molecule has 2 aromatic heterocycles. The molecule has 13 heteroatoms. The number of fused-ring (bicyclic) bond motifs is 2. The lowest BCUT2D eigenvalue weighted by Crippen LogP contribution is -2.49. The fraction of sp³-hybridized carbons (Fsp3) is 0.432. The second-order valence-corrected chi connectivity index (χ2v) is 14.4. The molecular formula is C37H46N8O5. The van der Waals surface area contributed by atoms with Gasteiger partial charge in [0.2, 0.25) is 11.8 Å². The topological polar surface area (TPSA) is 184 Å². The monoisotopic (exact) mass is 682 g/mol. The van der Waals surface area contributed by atoms with E-state index in [9.17, 15) is 24.3 Å². The molecule has 0 bridgehead atoms. The van der Waals surface area contributed by atoms with Crippen LogP contribution in [0.1, 0.15) is 57.7 Å². The smallest absolute Gasteiger partial charge is 0.407 e. The largest absolute Gasteiger partial charge is 0.465 e. The number of H-pyrrole nitrogens is 2. The number of rotatable bonds is 9. The number of aryl methyl sites for hydroxylation is 1. The van der Waals surface area contributed by atoms with Gasteiger partial charge in [-0.2, -0.15) is 0 Å². The molecule has 2 aromatic carbocycles. The first kappa shape index (κ1) is 34.5. The summed E-state index contributed by atoms with van der Waals surface area (Å²) in [5.74, 6) is 0.183. The van der Waals surface area contributed by atoms with E-state index in [1.807, 2.05) is 52.0 Å². The van der Waals surface area contributed by atoms with Gasteiger partial charge in [0.1, 0.15) is 11.9 Å². The van der Waals surface area contributed by atoms with E-state index in [2.05, 4.69) is 37.3 Å². The van der Waals surface area contributed by atoms with Gasteiger partial charge in [-0.1, -0.05) is 24.3 Å². The van der Waals surface area contributed by atoms with Crippen LogP contribution in [0.15, 0.2) is 53.3 Å². The maximum Gasteiger partial charge on any atom is 0.407 e. The summed E-state index contributed by atoms with van der Waals surface area (Å²) in [5, 5.41) is 22.4. The van der Waals surface area contributed by atoms with Gasteiger partial charge in [0.25, 0.3) is 0 Å². The van der Waals surface area contributed by atoms with E-state index in [0.717, 1.165) is 59.8 Å². The number of amides is 3. The predicted octanol–water partition coefficient (Wildman–Crippen LogP) is 5.31. The summed E-state index contributed by atoms with van der Waals surface area (Å²) in [4.78, 5) is 62.7. The summed E-state index contributed by atoms with van der Waals surface area (Å²) >= 11 is 0. The Morgan fingerprint density at radius 2 is 1.66 bits per heavy atom. The summed E-state index contributed by atoms with van der Waals surface area (Å²) < 4.78 is 0.